The van der Waals surface area contributed by atoms with Crippen LogP contribution in [0.4, 0.5) is 13.2 Å². The Hall–Kier alpha value is -2.02. The van der Waals surface area contributed by atoms with E-state index in [1.54, 1.807) is 0 Å². The van der Waals surface area contributed by atoms with Crippen molar-refractivity contribution in [2.75, 3.05) is 6.54 Å². The average Bonchev–Trinajstić information content (AvgIpc) is 3.44. The molecule has 1 amide bonds. The van der Waals surface area contributed by atoms with Crippen molar-refractivity contribution in [2.24, 2.45) is 5.92 Å². The van der Waals surface area contributed by atoms with Crippen LogP contribution in [0.25, 0.3) is 5.03 Å². The summed E-state index contributed by atoms with van der Waals surface area (Å²) >= 11 is 6.17. The van der Waals surface area contributed by atoms with Gasteiger partial charge in [-0.1, -0.05) is 17.7 Å². The molecule has 1 aliphatic carbocycles. The zero-order valence-electron chi connectivity index (χ0n) is 14.6. The number of carbonyl (C=O) groups is 2. The predicted molar refractivity (Wildman–Crippen MR) is 96.4 cm³/mol. The molecule has 1 aromatic rings. The van der Waals surface area contributed by atoms with Gasteiger partial charge in [-0.15, -0.1) is 0 Å². The third-order valence-electron chi connectivity index (χ3n) is 4.54. The van der Waals surface area contributed by atoms with Crippen LogP contribution in [0.2, 0.25) is 0 Å². The van der Waals surface area contributed by atoms with E-state index in [0.29, 0.717) is 37.8 Å². The number of halogens is 4. The Morgan fingerprint density at radius 2 is 2.00 bits per heavy atom. The number of carbonyl (C=O) groups excluding carboxylic acids is 2. The molecule has 1 saturated carbocycles. The molecule has 0 spiro atoms. The van der Waals surface area contributed by atoms with Crippen LogP contribution in [0.5, 0.6) is 5.75 Å². The minimum atomic E-state index is -4.67. The lowest BCUT2D eigenvalue weighted by molar-refractivity contribution is -0.138. The Balaban J connectivity index is 2.15. The van der Waals surface area contributed by atoms with Gasteiger partial charge in [0.25, 0.3) is 0 Å². The van der Waals surface area contributed by atoms with Crippen LogP contribution < -0.4 is 5.32 Å². The second kappa shape index (κ2) is 9.26. The van der Waals surface area contributed by atoms with Gasteiger partial charge in [0.1, 0.15) is 12.0 Å². The number of phenols is 1. The Kier molecular flexibility index (Phi) is 7.30. The van der Waals surface area contributed by atoms with E-state index in [1.165, 1.54) is 12.1 Å². The Morgan fingerprint density at radius 1 is 1.30 bits per heavy atom. The van der Waals surface area contributed by atoms with E-state index in [4.69, 9.17) is 11.6 Å². The molecule has 2 rings (SSSR count). The van der Waals surface area contributed by atoms with E-state index >= 15 is 0 Å². The number of amides is 1. The molecule has 1 unspecified atom stereocenters. The molecule has 27 heavy (non-hydrogen) atoms. The molecule has 0 radical (unpaired) electrons. The molecule has 4 nitrogen and oxygen atoms in total. The lowest BCUT2D eigenvalue weighted by Gasteiger charge is -2.15. The Labute approximate surface area is 160 Å². The fraction of sp³-hybridized carbons (Fsp3) is 0.474. The van der Waals surface area contributed by atoms with E-state index in [-0.39, 0.29) is 22.4 Å². The first-order valence-electron chi connectivity index (χ1n) is 8.70. The summed E-state index contributed by atoms with van der Waals surface area (Å²) in [6, 6.07) is 2.50. The number of nitrogens with one attached hydrogen (secondary N) is 1. The van der Waals surface area contributed by atoms with Crippen molar-refractivity contribution in [3.05, 3.63) is 34.9 Å². The van der Waals surface area contributed by atoms with E-state index in [2.05, 4.69) is 5.32 Å². The molecule has 1 aromatic carbocycles. The molecule has 1 atom stereocenters. The van der Waals surface area contributed by atoms with E-state index in [1.807, 2.05) is 0 Å². The quantitative estimate of drug-likeness (QED) is 0.443. The standard InChI is InChI=1S/C19H21ClF3NO3/c20-17(3-1-2-12(10-25)6-7-24-11-26)15-8-14(13-4-5-13)9-16(18(15)27)19(21,22)23/h3,8-13,27H,1-2,4-7H2,(H,24,26)/b17-3-. The maximum Gasteiger partial charge on any atom is 0.419 e. The number of aromatic hydroxyl groups is 1. The van der Waals surface area contributed by atoms with Crippen molar-refractivity contribution in [3.63, 3.8) is 0 Å². The van der Waals surface area contributed by atoms with E-state index in [9.17, 15) is 27.9 Å². The molecular weight excluding hydrogens is 383 g/mol. The zero-order valence-corrected chi connectivity index (χ0v) is 15.3. The number of hydrogen-bond acceptors (Lipinski definition) is 3. The first-order chi connectivity index (χ1) is 12.8. The summed E-state index contributed by atoms with van der Waals surface area (Å²) < 4.78 is 39.6. The van der Waals surface area contributed by atoms with Gasteiger partial charge >= 0.3 is 6.18 Å². The smallest absolute Gasteiger partial charge is 0.419 e. The van der Waals surface area contributed by atoms with Crippen LogP contribution >= 0.6 is 11.6 Å². The number of phenolic OH excluding ortho intramolecular Hbond substituents is 1. The third-order valence-corrected chi connectivity index (χ3v) is 4.90. The van der Waals surface area contributed by atoms with Gasteiger partial charge in [0.15, 0.2) is 0 Å². The van der Waals surface area contributed by atoms with Crippen molar-refractivity contribution in [2.45, 2.75) is 44.2 Å². The number of benzene rings is 1. The van der Waals surface area contributed by atoms with Gasteiger partial charge in [-0.3, -0.25) is 4.79 Å². The van der Waals surface area contributed by atoms with Crippen molar-refractivity contribution in [1.29, 1.82) is 0 Å². The van der Waals surface area contributed by atoms with Crippen molar-refractivity contribution < 1.29 is 27.9 Å². The molecule has 0 saturated heterocycles. The monoisotopic (exact) mass is 403 g/mol. The Morgan fingerprint density at radius 3 is 2.56 bits per heavy atom. The summed E-state index contributed by atoms with van der Waals surface area (Å²) in [4.78, 5) is 21.3. The van der Waals surface area contributed by atoms with Crippen molar-refractivity contribution in [1.82, 2.24) is 5.32 Å². The van der Waals surface area contributed by atoms with E-state index in [0.717, 1.165) is 25.2 Å². The highest BCUT2D eigenvalue weighted by Gasteiger charge is 2.37. The largest absolute Gasteiger partial charge is 0.507 e. The first-order valence-corrected chi connectivity index (χ1v) is 9.08. The molecule has 0 aliphatic heterocycles. The second-order valence-electron chi connectivity index (χ2n) is 6.62. The van der Waals surface area contributed by atoms with Gasteiger partial charge in [-0.05, 0) is 55.7 Å². The summed E-state index contributed by atoms with van der Waals surface area (Å²) in [6.45, 7) is 0.365. The van der Waals surface area contributed by atoms with Gasteiger partial charge in [0.05, 0.1) is 5.56 Å². The van der Waals surface area contributed by atoms with Crippen LogP contribution in [0, 0.1) is 5.92 Å². The van der Waals surface area contributed by atoms with Crippen LogP contribution in [0.3, 0.4) is 0 Å². The fourth-order valence-corrected chi connectivity index (χ4v) is 3.10. The highest BCUT2D eigenvalue weighted by Crippen LogP contribution is 2.47. The summed E-state index contributed by atoms with van der Waals surface area (Å²) in [5.41, 5.74) is -0.606. The maximum atomic E-state index is 13.2. The molecule has 2 N–H and O–H groups in total. The number of allylic oxidation sites excluding steroid dienone is 1. The molecule has 0 heterocycles. The molecule has 148 valence electrons. The van der Waals surface area contributed by atoms with E-state index < -0.39 is 17.5 Å². The molecule has 8 heteroatoms. The number of rotatable bonds is 10. The first kappa shape index (κ1) is 21.3. The predicted octanol–water partition coefficient (Wildman–Crippen LogP) is 4.60. The SMILES string of the molecule is O=CNCCC(C=O)CC/C=C(\Cl)c1cc(C2CC2)cc(C(F)(F)F)c1O. The van der Waals surface area contributed by atoms with Gasteiger partial charge < -0.3 is 15.2 Å². The van der Waals surface area contributed by atoms with Crippen LogP contribution in [-0.4, -0.2) is 24.3 Å². The Bertz CT molecular complexity index is 715. The van der Waals surface area contributed by atoms with Crippen molar-refractivity contribution in [3.8, 4) is 5.75 Å². The summed E-state index contributed by atoms with van der Waals surface area (Å²) in [6.07, 6.45) is 1.07. The minimum absolute atomic E-state index is 0.0242. The molecule has 0 aromatic heterocycles. The van der Waals surface area contributed by atoms with Crippen LogP contribution in [0.1, 0.15) is 54.7 Å². The summed E-state index contributed by atoms with van der Waals surface area (Å²) in [5, 5.41) is 12.6. The van der Waals surface area contributed by atoms with Gasteiger partial charge in [0, 0.05) is 23.1 Å². The van der Waals surface area contributed by atoms with Gasteiger partial charge in [-0.2, -0.15) is 13.2 Å². The van der Waals surface area contributed by atoms with Gasteiger partial charge in [0.2, 0.25) is 6.41 Å². The molecule has 1 aliphatic rings. The number of hydrogen-bond donors (Lipinski definition) is 2. The second-order valence-corrected chi connectivity index (χ2v) is 7.03. The molecule has 0 bridgehead atoms. The maximum absolute atomic E-state index is 13.2. The third kappa shape index (κ3) is 5.99. The van der Waals surface area contributed by atoms with Crippen LogP contribution in [0.15, 0.2) is 18.2 Å². The summed E-state index contributed by atoms with van der Waals surface area (Å²) in [5.74, 6) is -1.11. The van der Waals surface area contributed by atoms with Gasteiger partial charge in [-0.25, -0.2) is 0 Å². The minimum Gasteiger partial charge on any atom is -0.507 e. The summed E-state index contributed by atoms with van der Waals surface area (Å²) in [7, 11) is 0. The highest BCUT2D eigenvalue weighted by molar-refractivity contribution is 6.49. The lowest BCUT2D eigenvalue weighted by atomic mass is 9.98. The fourth-order valence-electron chi connectivity index (χ4n) is 2.85. The molecule has 1 fully saturated rings. The highest BCUT2D eigenvalue weighted by atomic mass is 35.5. The molecular formula is C19H21ClF3NO3. The number of aldehydes is 1. The van der Waals surface area contributed by atoms with Crippen LogP contribution in [-0.2, 0) is 15.8 Å². The topological polar surface area (TPSA) is 66.4 Å². The normalized spacial score (nSPS) is 16.1. The zero-order chi connectivity index (χ0) is 20.0. The van der Waals surface area contributed by atoms with Crippen molar-refractivity contribution >= 4 is 29.3 Å². The number of alkyl halides is 3. The average molecular weight is 404 g/mol. The lowest BCUT2D eigenvalue weighted by Crippen LogP contribution is -2.16.